The van der Waals surface area contributed by atoms with E-state index in [1.54, 1.807) is 12.1 Å². The van der Waals surface area contributed by atoms with Gasteiger partial charge in [-0.15, -0.1) is 0 Å². The van der Waals surface area contributed by atoms with Crippen molar-refractivity contribution in [1.29, 1.82) is 0 Å². The summed E-state index contributed by atoms with van der Waals surface area (Å²) in [5.74, 6) is 1.07. The van der Waals surface area contributed by atoms with E-state index in [1.807, 2.05) is 10.9 Å². The minimum atomic E-state index is -0.237. The van der Waals surface area contributed by atoms with Crippen molar-refractivity contribution in [2.75, 3.05) is 6.54 Å². The lowest BCUT2D eigenvalue weighted by molar-refractivity contribution is 0.273. The van der Waals surface area contributed by atoms with E-state index in [0.717, 1.165) is 22.5 Å². The molecule has 1 aromatic heterocycles. The van der Waals surface area contributed by atoms with Gasteiger partial charge in [0.05, 0.1) is 17.4 Å². The molecule has 3 nitrogen and oxygen atoms in total. The molecule has 3 aromatic rings. The molecule has 0 radical (unpaired) electrons. The topological polar surface area (TPSA) is 43.8 Å². The molecule has 0 bridgehead atoms. The van der Waals surface area contributed by atoms with Crippen LogP contribution in [-0.4, -0.2) is 16.3 Å². The molecule has 1 aliphatic rings. The summed E-state index contributed by atoms with van der Waals surface area (Å²) < 4.78 is 15.1. The highest BCUT2D eigenvalue weighted by molar-refractivity contribution is 5.81. The van der Waals surface area contributed by atoms with Gasteiger partial charge in [0, 0.05) is 5.39 Å². The molecule has 0 saturated heterocycles. The lowest BCUT2D eigenvalue weighted by Crippen LogP contribution is -2.31. The average molecular weight is 351 g/mol. The molecule has 26 heavy (non-hydrogen) atoms. The number of hydrogen-bond acceptors (Lipinski definition) is 2. The van der Waals surface area contributed by atoms with Crippen molar-refractivity contribution in [2.45, 2.75) is 39.0 Å². The molecule has 1 saturated carbocycles. The minimum absolute atomic E-state index is 0.0726. The van der Waals surface area contributed by atoms with Gasteiger partial charge < -0.3 is 5.73 Å². The van der Waals surface area contributed by atoms with Crippen LogP contribution in [-0.2, 0) is 0 Å². The second kappa shape index (κ2) is 6.51. The number of fused-ring (bicyclic) bond motifs is 1. The lowest BCUT2D eigenvalue weighted by atomic mass is 9.72. The van der Waals surface area contributed by atoms with Gasteiger partial charge in [0.15, 0.2) is 0 Å². The molecule has 4 heteroatoms. The number of nitrogens with zero attached hydrogens (tertiary/aromatic N) is 2. The summed E-state index contributed by atoms with van der Waals surface area (Å²) in [7, 11) is 0. The number of halogens is 1. The highest BCUT2D eigenvalue weighted by atomic mass is 19.1. The van der Waals surface area contributed by atoms with E-state index in [2.05, 4.69) is 37.1 Å². The fourth-order valence-corrected chi connectivity index (χ4v) is 3.79. The van der Waals surface area contributed by atoms with Crippen LogP contribution in [0.15, 0.2) is 48.7 Å². The molecular formula is C22H26FN3. The van der Waals surface area contributed by atoms with Crippen molar-refractivity contribution in [1.82, 2.24) is 9.78 Å². The highest BCUT2D eigenvalue weighted by Gasteiger charge is 2.35. The van der Waals surface area contributed by atoms with Gasteiger partial charge in [-0.2, -0.15) is 5.10 Å². The maximum Gasteiger partial charge on any atom is 0.123 e. The molecule has 1 fully saturated rings. The van der Waals surface area contributed by atoms with Gasteiger partial charge in [0.25, 0.3) is 0 Å². The van der Waals surface area contributed by atoms with Crippen LogP contribution in [0.25, 0.3) is 16.6 Å². The van der Waals surface area contributed by atoms with Crippen LogP contribution in [0.5, 0.6) is 0 Å². The van der Waals surface area contributed by atoms with Gasteiger partial charge in [0.1, 0.15) is 5.82 Å². The molecule has 4 rings (SSSR count). The van der Waals surface area contributed by atoms with Gasteiger partial charge in [-0.25, -0.2) is 9.07 Å². The molecule has 136 valence electrons. The Morgan fingerprint density at radius 3 is 2.58 bits per heavy atom. The molecule has 0 aliphatic heterocycles. The largest absolute Gasteiger partial charge is 0.330 e. The lowest BCUT2D eigenvalue weighted by Gasteiger charge is -2.34. The summed E-state index contributed by atoms with van der Waals surface area (Å²) in [6, 6.07) is 13.0. The highest BCUT2D eigenvalue weighted by Crippen LogP contribution is 2.46. The van der Waals surface area contributed by atoms with Crippen LogP contribution >= 0.6 is 0 Å². The van der Waals surface area contributed by atoms with E-state index < -0.39 is 0 Å². The Morgan fingerprint density at radius 1 is 1.19 bits per heavy atom. The molecule has 0 amide bonds. The van der Waals surface area contributed by atoms with Crippen LogP contribution in [0.1, 0.15) is 44.6 Å². The summed E-state index contributed by atoms with van der Waals surface area (Å²) in [6.45, 7) is 5.22. The third kappa shape index (κ3) is 3.26. The van der Waals surface area contributed by atoms with Crippen LogP contribution in [0.4, 0.5) is 4.39 Å². The second-order valence-electron chi connectivity index (χ2n) is 8.28. The molecule has 2 N–H and O–H groups in total. The first-order valence-corrected chi connectivity index (χ1v) is 9.41. The number of rotatable bonds is 6. The van der Waals surface area contributed by atoms with Gasteiger partial charge >= 0.3 is 0 Å². The average Bonchev–Trinajstić information content (AvgIpc) is 3.37. The van der Waals surface area contributed by atoms with Crippen molar-refractivity contribution in [3.05, 3.63) is 60.0 Å². The summed E-state index contributed by atoms with van der Waals surface area (Å²) in [5, 5.41) is 5.63. The molecule has 1 heterocycles. The van der Waals surface area contributed by atoms with Crippen molar-refractivity contribution >= 4 is 10.9 Å². The Morgan fingerprint density at radius 2 is 1.92 bits per heavy atom. The van der Waals surface area contributed by atoms with Crippen molar-refractivity contribution in [3.8, 4) is 5.69 Å². The summed E-state index contributed by atoms with van der Waals surface area (Å²) in [5.41, 5.74) is 9.42. The Hall–Kier alpha value is -2.20. The van der Waals surface area contributed by atoms with E-state index in [9.17, 15) is 4.39 Å². The van der Waals surface area contributed by atoms with E-state index in [0.29, 0.717) is 12.5 Å². The Kier molecular flexibility index (Phi) is 4.31. The zero-order valence-corrected chi connectivity index (χ0v) is 15.5. The van der Waals surface area contributed by atoms with Crippen LogP contribution in [0.3, 0.4) is 0 Å². The predicted octanol–water partition coefficient (Wildman–Crippen LogP) is 5.03. The van der Waals surface area contributed by atoms with Gasteiger partial charge in [-0.1, -0.05) is 32.8 Å². The summed E-state index contributed by atoms with van der Waals surface area (Å²) in [6.07, 6.45) is 5.80. The number of aromatic nitrogens is 2. The Bertz CT molecular complexity index is 907. The third-order valence-electron chi connectivity index (χ3n) is 5.80. The first-order chi connectivity index (χ1) is 12.5. The SMILES string of the molecule is CC(C)(CN)C(CC1CC1)c1ccc2c(cnn2-c2ccc(F)cc2)c1. The monoisotopic (exact) mass is 351 g/mol. The quantitative estimate of drug-likeness (QED) is 0.676. The smallest absolute Gasteiger partial charge is 0.123 e. The van der Waals surface area contributed by atoms with Crippen molar-refractivity contribution in [2.24, 2.45) is 17.1 Å². The van der Waals surface area contributed by atoms with Crippen molar-refractivity contribution < 1.29 is 4.39 Å². The number of hydrogen-bond donors (Lipinski definition) is 1. The molecule has 0 spiro atoms. The second-order valence-corrected chi connectivity index (χ2v) is 8.28. The first kappa shape index (κ1) is 17.2. The zero-order valence-electron chi connectivity index (χ0n) is 15.5. The maximum absolute atomic E-state index is 13.2. The summed E-state index contributed by atoms with van der Waals surface area (Å²) >= 11 is 0. The normalized spacial score (nSPS) is 16.2. The van der Waals surface area contributed by atoms with Gasteiger partial charge in [-0.05, 0) is 72.2 Å². The van der Waals surface area contributed by atoms with Crippen LogP contribution in [0.2, 0.25) is 0 Å². The van der Waals surface area contributed by atoms with E-state index in [-0.39, 0.29) is 11.2 Å². The molecule has 1 atom stereocenters. The predicted molar refractivity (Wildman–Crippen MR) is 104 cm³/mol. The van der Waals surface area contributed by atoms with Crippen LogP contribution < -0.4 is 5.73 Å². The summed E-state index contributed by atoms with van der Waals surface area (Å²) in [4.78, 5) is 0. The minimum Gasteiger partial charge on any atom is -0.330 e. The standard InChI is InChI=1S/C22H26FN3/c1-22(2,14-24)20(11-15-3-4-15)16-5-10-21-17(12-16)13-25-26(21)19-8-6-18(23)7-9-19/h5-10,12-13,15,20H,3-4,11,14,24H2,1-2H3. The first-order valence-electron chi connectivity index (χ1n) is 9.41. The molecule has 2 aromatic carbocycles. The fraction of sp³-hybridized carbons (Fsp3) is 0.409. The molecular weight excluding hydrogens is 325 g/mol. The maximum atomic E-state index is 13.2. The molecule has 1 unspecified atom stereocenters. The van der Waals surface area contributed by atoms with Gasteiger partial charge in [0.2, 0.25) is 0 Å². The third-order valence-corrected chi connectivity index (χ3v) is 5.80. The Labute approximate surface area is 154 Å². The number of benzene rings is 2. The molecule has 1 aliphatic carbocycles. The van der Waals surface area contributed by atoms with E-state index in [4.69, 9.17) is 5.73 Å². The number of nitrogens with two attached hydrogens (primary N) is 1. The van der Waals surface area contributed by atoms with Gasteiger partial charge in [-0.3, -0.25) is 0 Å². The van der Waals surface area contributed by atoms with Crippen LogP contribution in [0, 0.1) is 17.2 Å². The van der Waals surface area contributed by atoms with E-state index >= 15 is 0 Å². The fourth-order valence-electron chi connectivity index (χ4n) is 3.79. The Balaban J connectivity index is 1.72. The zero-order chi connectivity index (χ0) is 18.3. The van der Waals surface area contributed by atoms with Crippen molar-refractivity contribution in [3.63, 3.8) is 0 Å². The van der Waals surface area contributed by atoms with E-state index in [1.165, 1.54) is 37.0 Å².